The highest BCUT2D eigenvalue weighted by Gasteiger charge is 2.35. The summed E-state index contributed by atoms with van der Waals surface area (Å²) in [5, 5.41) is 11.9. The zero-order valence-electron chi connectivity index (χ0n) is 37.0. The van der Waals surface area contributed by atoms with Gasteiger partial charge in [0.1, 0.15) is 11.6 Å². The van der Waals surface area contributed by atoms with Crippen molar-refractivity contribution in [1.29, 1.82) is 0 Å². The monoisotopic (exact) mass is 807 g/mol. The third-order valence-corrected chi connectivity index (χ3v) is 13.1. The largest absolute Gasteiger partial charge is 0.507 e. The Balaban J connectivity index is 1.32. The summed E-state index contributed by atoms with van der Waals surface area (Å²) in [4.78, 5) is 10.5. The summed E-state index contributed by atoms with van der Waals surface area (Å²) in [6.45, 7) is 17.7. The molecule has 4 heteroatoms. The summed E-state index contributed by atoms with van der Waals surface area (Å²) < 4.78 is 2.26. The van der Waals surface area contributed by atoms with Gasteiger partial charge in [0.15, 0.2) is 0 Å². The molecule has 4 nitrogen and oxygen atoms in total. The Kier molecular flexibility index (Phi) is 10.3. The van der Waals surface area contributed by atoms with Crippen molar-refractivity contribution in [3.63, 3.8) is 0 Å². The molecule has 2 aromatic heterocycles. The van der Waals surface area contributed by atoms with Crippen LogP contribution in [0.5, 0.6) is 5.75 Å². The first-order valence-corrected chi connectivity index (χ1v) is 21.5. The van der Waals surface area contributed by atoms with Gasteiger partial charge in [-0.05, 0) is 136 Å². The molecule has 1 N–H and O–H groups in total. The lowest BCUT2D eigenvalue weighted by Gasteiger charge is -2.40. The number of hydrogen-bond acceptors (Lipinski definition) is 3. The van der Waals surface area contributed by atoms with Gasteiger partial charge in [-0.15, -0.1) is 0 Å². The highest BCUT2D eigenvalue weighted by atomic mass is 16.3. The van der Waals surface area contributed by atoms with Crippen molar-refractivity contribution in [2.45, 2.75) is 60.8 Å². The highest BCUT2D eigenvalue weighted by Crippen LogP contribution is 2.46. The Labute approximate surface area is 366 Å². The van der Waals surface area contributed by atoms with E-state index in [9.17, 15) is 5.11 Å². The first-order valence-electron chi connectivity index (χ1n) is 21.5. The standard InChI is InChI=1S/C58H53N3O/c1-37-22-24-41(25-23-37)43-28-29-59-51(35-43)46-33-44(40-16-11-9-12-17-40)32-45(34-46)48-20-15-21-53-54(48)60-56(50-31-38(2)30-39(3)55(50)62)61(53)52-27-26-47(58(7,8)57(4,5)6)36-49(52)42-18-13-10-14-19-42/h9-36,62H,1-8H3. The first-order chi connectivity index (χ1) is 29.8. The predicted molar refractivity (Wildman–Crippen MR) is 260 cm³/mol. The molecule has 9 rings (SSSR count). The molecule has 9 aromatic rings. The van der Waals surface area contributed by atoms with Gasteiger partial charge in [0.25, 0.3) is 0 Å². The van der Waals surface area contributed by atoms with E-state index in [1.165, 1.54) is 11.1 Å². The molecule has 7 aromatic carbocycles. The Bertz CT molecular complexity index is 3100. The fraction of sp³-hybridized carbons (Fsp3) is 0.172. The highest BCUT2D eigenvalue weighted by molar-refractivity contribution is 5.98. The number of aromatic hydroxyl groups is 1. The van der Waals surface area contributed by atoms with Crippen LogP contribution in [0.15, 0.2) is 170 Å². The Morgan fingerprint density at radius 3 is 1.85 bits per heavy atom. The van der Waals surface area contributed by atoms with Crippen LogP contribution >= 0.6 is 0 Å². The minimum absolute atomic E-state index is 0.0137. The van der Waals surface area contributed by atoms with E-state index in [0.717, 1.165) is 83.6 Å². The topological polar surface area (TPSA) is 50.9 Å². The first kappa shape index (κ1) is 40.4. The molecule has 306 valence electrons. The van der Waals surface area contributed by atoms with E-state index < -0.39 is 0 Å². The van der Waals surface area contributed by atoms with Gasteiger partial charge in [0.05, 0.1) is 28.0 Å². The van der Waals surface area contributed by atoms with Crippen LogP contribution < -0.4 is 0 Å². The average molecular weight is 808 g/mol. The number of fused-ring (bicyclic) bond motifs is 1. The number of hydrogen-bond donors (Lipinski definition) is 1. The van der Waals surface area contributed by atoms with Gasteiger partial charge in [-0.1, -0.05) is 149 Å². The molecule has 62 heavy (non-hydrogen) atoms. The summed E-state index contributed by atoms with van der Waals surface area (Å²) in [7, 11) is 0. The smallest absolute Gasteiger partial charge is 0.149 e. The summed E-state index contributed by atoms with van der Waals surface area (Å²) >= 11 is 0. The molecule has 0 spiro atoms. The van der Waals surface area contributed by atoms with E-state index in [2.05, 4.69) is 211 Å². The number of phenols is 1. The van der Waals surface area contributed by atoms with Crippen molar-refractivity contribution >= 4 is 11.0 Å². The molecular weight excluding hydrogens is 755 g/mol. The number of nitrogens with zero attached hydrogens (tertiary/aromatic N) is 3. The number of imidazole rings is 1. The SMILES string of the molecule is Cc1ccc(-c2ccnc(-c3cc(-c4ccccc4)cc(-c4cccc5c4nc(-c4cc(C)cc(C)c4O)n5-c4ccc(C(C)(C)C(C)(C)C)cc4-c4ccccc4)c3)c2)cc1. The molecule has 0 unspecified atom stereocenters. The van der Waals surface area contributed by atoms with Crippen LogP contribution in [-0.4, -0.2) is 19.6 Å². The van der Waals surface area contributed by atoms with Crippen LogP contribution in [0.25, 0.3) is 83.9 Å². The maximum Gasteiger partial charge on any atom is 0.149 e. The number of para-hydroxylation sites is 1. The summed E-state index contributed by atoms with van der Waals surface area (Å²) in [6.07, 6.45) is 1.91. The van der Waals surface area contributed by atoms with E-state index >= 15 is 0 Å². The zero-order chi connectivity index (χ0) is 43.3. The summed E-state index contributed by atoms with van der Waals surface area (Å²) in [5.74, 6) is 0.914. The van der Waals surface area contributed by atoms with E-state index in [0.29, 0.717) is 11.4 Å². The van der Waals surface area contributed by atoms with E-state index in [-0.39, 0.29) is 16.6 Å². The fourth-order valence-corrected chi connectivity index (χ4v) is 8.53. The van der Waals surface area contributed by atoms with E-state index in [4.69, 9.17) is 9.97 Å². The van der Waals surface area contributed by atoms with E-state index in [1.807, 2.05) is 19.2 Å². The Morgan fingerprint density at radius 2 is 1.15 bits per heavy atom. The third-order valence-electron chi connectivity index (χ3n) is 13.1. The molecule has 0 saturated heterocycles. The lowest BCUT2D eigenvalue weighted by Crippen LogP contribution is -2.34. The molecule has 0 amide bonds. The lowest BCUT2D eigenvalue weighted by atomic mass is 9.65. The fourth-order valence-electron chi connectivity index (χ4n) is 8.53. The van der Waals surface area contributed by atoms with Crippen LogP contribution in [0.1, 0.15) is 56.9 Å². The van der Waals surface area contributed by atoms with Crippen molar-refractivity contribution < 1.29 is 5.11 Å². The zero-order valence-corrected chi connectivity index (χ0v) is 37.0. The summed E-state index contributed by atoms with van der Waals surface area (Å²) in [6, 6.07) is 58.3. The second-order valence-electron chi connectivity index (χ2n) is 18.4. The van der Waals surface area contributed by atoms with Gasteiger partial charge >= 0.3 is 0 Å². The van der Waals surface area contributed by atoms with Gasteiger partial charge < -0.3 is 5.11 Å². The second-order valence-corrected chi connectivity index (χ2v) is 18.4. The molecule has 2 heterocycles. The summed E-state index contributed by atoms with van der Waals surface area (Å²) in [5.41, 5.74) is 18.4. The van der Waals surface area contributed by atoms with Crippen LogP contribution in [0.4, 0.5) is 0 Å². The molecule has 0 radical (unpaired) electrons. The van der Waals surface area contributed by atoms with Crippen LogP contribution in [-0.2, 0) is 5.41 Å². The minimum atomic E-state index is -0.121. The number of aromatic nitrogens is 3. The van der Waals surface area contributed by atoms with Crippen molar-refractivity contribution in [1.82, 2.24) is 14.5 Å². The molecule has 0 atom stereocenters. The molecule has 0 aliphatic rings. The third kappa shape index (κ3) is 7.40. The van der Waals surface area contributed by atoms with Gasteiger partial charge in [-0.3, -0.25) is 9.55 Å². The normalized spacial score (nSPS) is 11.9. The van der Waals surface area contributed by atoms with Crippen LogP contribution in [0, 0.1) is 26.2 Å². The Hall–Kier alpha value is -7.04. The van der Waals surface area contributed by atoms with Gasteiger partial charge in [-0.2, -0.15) is 0 Å². The van der Waals surface area contributed by atoms with Gasteiger partial charge in [0.2, 0.25) is 0 Å². The molecule has 0 aliphatic heterocycles. The second kappa shape index (κ2) is 15.8. The van der Waals surface area contributed by atoms with Crippen molar-refractivity contribution in [3.8, 4) is 78.6 Å². The number of phenolic OH excluding ortho intramolecular Hbond substituents is 1. The molecule has 0 bridgehead atoms. The van der Waals surface area contributed by atoms with Crippen molar-refractivity contribution in [3.05, 3.63) is 192 Å². The quantitative estimate of drug-likeness (QED) is 0.166. The molecule has 0 aliphatic carbocycles. The van der Waals surface area contributed by atoms with Crippen molar-refractivity contribution in [2.24, 2.45) is 5.41 Å². The van der Waals surface area contributed by atoms with Crippen molar-refractivity contribution in [2.75, 3.05) is 0 Å². The van der Waals surface area contributed by atoms with E-state index in [1.54, 1.807) is 0 Å². The minimum Gasteiger partial charge on any atom is -0.507 e. The predicted octanol–water partition coefficient (Wildman–Crippen LogP) is 15.4. The molecule has 0 saturated carbocycles. The van der Waals surface area contributed by atoms with Crippen LogP contribution in [0.2, 0.25) is 0 Å². The lowest BCUT2D eigenvalue weighted by molar-refractivity contribution is 0.225. The number of aryl methyl sites for hydroxylation is 3. The maximum atomic E-state index is 11.9. The molecule has 0 fully saturated rings. The number of benzene rings is 7. The number of rotatable bonds is 8. The Morgan fingerprint density at radius 1 is 0.484 bits per heavy atom. The average Bonchev–Trinajstić information content (AvgIpc) is 3.67. The van der Waals surface area contributed by atoms with Gasteiger partial charge in [-0.25, -0.2) is 4.98 Å². The number of pyridine rings is 1. The maximum absolute atomic E-state index is 11.9. The van der Waals surface area contributed by atoms with Gasteiger partial charge in [0, 0.05) is 22.9 Å². The van der Waals surface area contributed by atoms with Crippen LogP contribution in [0.3, 0.4) is 0 Å². The molecular formula is C58H53N3O.